The Labute approximate surface area is 111 Å². The van der Waals surface area contributed by atoms with Gasteiger partial charge in [-0.2, -0.15) is 0 Å². The average molecular weight is 260 g/mol. The summed E-state index contributed by atoms with van der Waals surface area (Å²) in [7, 11) is 3.24. The van der Waals surface area contributed by atoms with Crippen molar-refractivity contribution in [3.8, 4) is 11.5 Å². The first-order valence-electron chi connectivity index (χ1n) is 6.16. The van der Waals surface area contributed by atoms with Crippen molar-refractivity contribution in [2.45, 2.75) is 6.10 Å². The van der Waals surface area contributed by atoms with E-state index >= 15 is 0 Å². The van der Waals surface area contributed by atoms with Crippen molar-refractivity contribution in [3.63, 3.8) is 0 Å². The number of aliphatic hydroxyl groups excluding tert-OH is 1. The van der Waals surface area contributed by atoms with E-state index in [0.29, 0.717) is 24.6 Å². The van der Waals surface area contributed by atoms with Crippen LogP contribution in [-0.2, 0) is 0 Å². The maximum atomic E-state index is 9.42. The van der Waals surface area contributed by atoms with E-state index in [2.05, 4.69) is 9.88 Å². The fraction of sp³-hybridized carbons (Fsp3) is 0.357. The number of nitrogens with zero attached hydrogens (tertiary/aromatic N) is 2. The fourth-order valence-corrected chi connectivity index (χ4v) is 2.36. The lowest BCUT2D eigenvalue weighted by atomic mass is 10.1. The summed E-state index contributed by atoms with van der Waals surface area (Å²) in [6.07, 6.45) is 1.52. The Morgan fingerprint density at radius 3 is 2.53 bits per heavy atom. The van der Waals surface area contributed by atoms with Crippen LogP contribution in [0.5, 0.6) is 11.5 Å². The van der Waals surface area contributed by atoms with Gasteiger partial charge in [-0.15, -0.1) is 0 Å². The number of hydrogen-bond donors (Lipinski definition) is 1. The fourth-order valence-electron chi connectivity index (χ4n) is 2.36. The molecule has 0 atom stereocenters. The summed E-state index contributed by atoms with van der Waals surface area (Å²) in [6, 6.07) is 5.81. The van der Waals surface area contributed by atoms with Crippen molar-refractivity contribution in [1.29, 1.82) is 0 Å². The molecule has 19 heavy (non-hydrogen) atoms. The minimum absolute atomic E-state index is 0.253. The first kappa shape index (κ1) is 12.0. The van der Waals surface area contributed by atoms with E-state index in [1.54, 1.807) is 20.4 Å². The van der Waals surface area contributed by atoms with E-state index < -0.39 is 0 Å². The van der Waals surface area contributed by atoms with Gasteiger partial charge in [0.2, 0.25) is 0 Å². The number of pyridine rings is 1. The molecule has 1 saturated heterocycles. The van der Waals surface area contributed by atoms with Gasteiger partial charge in [-0.1, -0.05) is 0 Å². The maximum Gasteiger partial charge on any atom is 0.161 e. The van der Waals surface area contributed by atoms with Gasteiger partial charge < -0.3 is 19.5 Å². The highest BCUT2D eigenvalue weighted by Gasteiger charge is 2.27. The minimum atomic E-state index is -0.253. The van der Waals surface area contributed by atoms with Gasteiger partial charge in [0.1, 0.15) is 5.82 Å². The van der Waals surface area contributed by atoms with Crippen molar-refractivity contribution in [2.24, 2.45) is 0 Å². The smallest absolute Gasteiger partial charge is 0.161 e. The van der Waals surface area contributed by atoms with Gasteiger partial charge in [-0.3, -0.25) is 0 Å². The van der Waals surface area contributed by atoms with E-state index in [0.717, 1.165) is 16.6 Å². The molecule has 0 radical (unpaired) electrons. The van der Waals surface area contributed by atoms with Gasteiger partial charge in [-0.05, 0) is 23.6 Å². The summed E-state index contributed by atoms with van der Waals surface area (Å²) in [5.41, 5.74) is 0. The lowest BCUT2D eigenvalue weighted by Gasteiger charge is -2.37. The predicted octanol–water partition coefficient (Wildman–Crippen LogP) is 1.43. The van der Waals surface area contributed by atoms with Gasteiger partial charge in [0, 0.05) is 24.7 Å². The number of hydrogen-bond acceptors (Lipinski definition) is 5. The van der Waals surface area contributed by atoms with E-state index in [9.17, 15) is 5.11 Å². The molecule has 1 aliphatic heterocycles. The van der Waals surface area contributed by atoms with E-state index in [1.807, 2.05) is 18.2 Å². The molecule has 0 unspecified atom stereocenters. The number of benzene rings is 1. The van der Waals surface area contributed by atoms with Gasteiger partial charge in [-0.25, -0.2) is 4.98 Å². The zero-order chi connectivity index (χ0) is 13.4. The molecule has 1 aliphatic rings. The predicted molar refractivity (Wildman–Crippen MR) is 73.1 cm³/mol. The number of methoxy groups -OCH3 is 2. The van der Waals surface area contributed by atoms with E-state index in [-0.39, 0.29) is 6.10 Å². The Hall–Kier alpha value is -2.01. The molecule has 1 aromatic carbocycles. The van der Waals surface area contributed by atoms with Crippen LogP contribution in [-0.4, -0.2) is 43.5 Å². The molecule has 0 bridgehead atoms. The minimum Gasteiger partial charge on any atom is -0.493 e. The van der Waals surface area contributed by atoms with Crippen LogP contribution in [0.2, 0.25) is 0 Å². The first-order chi connectivity index (χ1) is 9.22. The summed E-state index contributed by atoms with van der Waals surface area (Å²) in [5, 5.41) is 11.5. The molecule has 5 nitrogen and oxygen atoms in total. The Morgan fingerprint density at radius 1 is 1.21 bits per heavy atom. The van der Waals surface area contributed by atoms with Gasteiger partial charge >= 0.3 is 0 Å². The molecule has 2 aromatic rings. The molecular weight excluding hydrogens is 244 g/mol. The van der Waals surface area contributed by atoms with Crippen LogP contribution in [0.15, 0.2) is 24.4 Å². The Morgan fingerprint density at radius 2 is 1.89 bits per heavy atom. The lowest BCUT2D eigenvalue weighted by molar-refractivity contribution is 0.141. The highest BCUT2D eigenvalue weighted by molar-refractivity contribution is 5.94. The van der Waals surface area contributed by atoms with Gasteiger partial charge in [0.15, 0.2) is 11.5 Å². The third kappa shape index (κ3) is 1.96. The van der Waals surface area contributed by atoms with E-state index in [1.165, 1.54) is 0 Å². The Kier molecular flexibility index (Phi) is 2.91. The highest BCUT2D eigenvalue weighted by Crippen LogP contribution is 2.36. The molecule has 5 heteroatoms. The van der Waals surface area contributed by atoms with Crippen LogP contribution in [0.1, 0.15) is 0 Å². The second-order valence-electron chi connectivity index (χ2n) is 4.62. The largest absolute Gasteiger partial charge is 0.493 e. The SMILES string of the molecule is COc1cc2ccnc(N3CC(O)C3)c2cc1OC. The molecule has 1 fully saturated rings. The second kappa shape index (κ2) is 4.59. The molecule has 0 saturated carbocycles. The number of ether oxygens (including phenoxy) is 2. The number of rotatable bonds is 3. The third-order valence-electron chi connectivity index (χ3n) is 3.41. The van der Waals surface area contributed by atoms with Crippen LogP contribution < -0.4 is 14.4 Å². The lowest BCUT2D eigenvalue weighted by Crippen LogP contribution is -2.51. The van der Waals surface area contributed by atoms with Crippen molar-refractivity contribution >= 4 is 16.6 Å². The molecule has 100 valence electrons. The van der Waals surface area contributed by atoms with Crippen LogP contribution in [0.4, 0.5) is 5.82 Å². The monoisotopic (exact) mass is 260 g/mol. The number of β-amino-alcohol motifs (C(OH)–C–C–N with tert-alkyl or cyclic N) is 1. The summed E-state index contributed by atoms with van der Waals surface area (Å²) in [6.45, 7) is 1.25. The standard InChI is InChI=1S/C14H16N2O3/c1-18-12-5-9-3-4-15-14(16-7-10(17)8-16)11(9)6-13(12)19-2/h3-6,10,17H,7-8H2,1-2H3. The Balaban J connectivity index is 2.13. The van der Waals surface area contributed by atoms with Crippen LogP contribution in [0.3, 0.4) is 0 Å². The maximum absolute atomic E-state index is 9.42. The third-order valence-corrected chi connectivity index (χ3v) is 3.41. The van der Waals surface area contributed by atoms with Crippen LogP contribution >= 0.6 is 0 Å². The molecular formula is C14H16N2O3. The normalized spacial score (nSPS) is 15.4. The van der Waals surface area contributed by atoms with Crippen molar-refractivity contribution in [2.75, 3.05) is 32.2 Å². The quantitative estimate of drug-likeness (QED) is 0.904. The molecule has 0 aliphatic carbocycles. The average Bonchev–Trinajstić information content (AvgIpc) is 2.41. The van der Waals surface area contributed by atoms with Gasteiger partial charge in [0.05, 0.1) is 20.3 Å². The highest BCUT2D eigenvalue weighted by atomic mass is 16.5. The molecule has 0 spiro atoms. The second-order valence-corrected chi connectivity index (χ2v) is 4.62. The topological polar surface area (TPSA) is 54.8 Å². The zero-order valence-electron chi connectivity index (χ0n) is 11.0. The summed E-state index contributed by atoms with van der Waals surface area (Å²) >= 11 is 0. The number of aliphatic hydroxyl groups is 1. The molecule has 1 N–H and O–H groups in total. The van der Waals surface area contributed by atoms with Crippen molar-refractivity contribution < 1.29 is 14.6 Å². The first-order valence-corrected chi connectivity index (χ1v) is 6.16. The summed E-state index contributed by atoms with van der Waals surface area (Å²) in [4.78, 5) is 6.47. The van der Waals surface area contributed by atoms with Crippen molar-refractivity contribution in [1.82, 2.24) is 4.98 Å². The molecule has 0 amide bonds. The van der Waals surface area contributed by atoms with Crippen molar-refractivity contribution in [3.05, 3.63) is 24.4 Å². The molecule has 3 rings (SSSR count). The number of anilines is 1. The zero-order valence-corrected chi connectivity index (χ0v) is 11.0. The molecule has 1 aromatic heterocycles. The van der Waals surface area contributed by atoms with Crippen LogP contribution in [0, 0.1) is 0 Å². The number of aromatic nitrogens is 1. The summed E-state index contributed by atoms with van der Waals surface area (Å²) in [5.74, 6) is 2.27. The summed E-state index contributed by atoms with van der Waals surface area (Å²) < 4.78 is 10.6. The molecule has 2 heterocycles. The van der Waals surface area contributed by atoms with E-state index in [4.69, 9.17) is 9.47 Å². The van der Waals surface area contributed by atoms with Gasteiger partial charge in [0.25, 0.3) is 0 Å². The van der Waals surface area contributed by atoms with Crippen LogP contribution in [0.25, 0.3) is 10.8 Å². The number of fused-ring (bicyclic) bond motifs is 1. The Bertz CT molecular complexity index is 609.